The molecule has 0 radical (unpaired) electrons. The van der Waals surface area contributed by atoms with Crippen molar-refractivity contribution in [3.05, 3.63) is 99.5 Å². The topological polar surface area (TPSA) is 82.3 Å². The highest BCUT2D eigenvalue weighted by Crippen LogP contribution is 2.21. The molecule has 6 nitrogen and oxygen atoms in total. The van der Waals surface area contributed by atoms with Gasteiger partial charge >= 0.3 is 0 Å². The van der Waals surface area contributed by atoms with Crippen molar-refractivity contribution in [1.29, 1.82) is 0 Å². The third kappa shape index (κ3) is 3.49. The van der Waals surface area contributed by atoms with E-state index in [9.17, 15) is 18.0 Å². The Kier molecular flexibility index (Phi) is 4.62. The number of allylic oxidation sites excluding steroid dienone is 3. The van der Waals surface area contributed by atoms with Crippen LogP contribution < -0.4 is 10.7 Å². The fourth-order valence-corrected chi connectivity index (χ4v) is 4.32. The Morgan fingerprint density at radius 1 is 1.07 bits per heavy atom. The molecule has 0 bridgehead atoms. The van der Waals surface area contributed by atoms with Gasteiger partial charge in [-0.25, -0.2) is 27.9 Å². The van der Waals surface area contributed by atoms with E-state index < -0.39 is 21.4 Å². The van der Waals surface area contributed by atoms with Crippen LogP contribution in [0.5, 0.6) is 0 Å². The van der Waals surface area contributed by atoms with Crippen LogP contribution in [-0.2, 0) is 15.6 Å². The molecule has 0 aromatic heterocycles. The summed E-state index contributed by atoms with van der Waals surface area (Å²) in [6.07, 6.45) is 6.44. The molecule has 0 atom stereocenters. The fraction of sp³-hybridized carbons (Fsp3) is 0.0526. The van der Waals surface area contributed by atoms with Gasteiger partial charge in [0.2, 0.25) is 0 Å². The third-order valence-corrected chi connectivity index (χ3v) is 6.09. The summed E-state index contributed by atoms with van der Waals surface area (Å²) in [5.74, 6) is -0.918. The lowest BCUT2D eigenvalue weighted by molar-refractivity contribution is -0.00154. The normalized spacial score (nSPS) is 18.0. The number of benzene rings is 2. The van der Waals surface area contributed by atoms with Gasteiger partial charge in [-0.3, -0.25) is 5.21 Å². The van der Waals surface area contributed by atoms with E-state index in [1.165, 1.54) is 36.5 Å². The number of hydroxylamine groups is 2. The van der Waals surface area contributed by atoms with E-state index in [1.54, 1.807) is 18.2 Å². The van der Waals surface area contributed by atoms with Gasteiger partial charge in [-0.2, -0.15) is 0 Å². The molecule has 2 aliphatic rings. The molecule has 9 heteroatoms. The number of hydrogen-bond acceptors (Lipinski definition) is 6. The first kappa shape index (κ1) is 18.5. The van der Waals surface area contributed by atoms with Crippen LogP contribution in [-0.4, -0.2) is 18.7 Å². The minimum absolute atomic E-state index is 0.00531. The summed E-state index contributed by atoms with van der Waals surface area (Å²) in [5.41, 5.74) is 0.399. The molecule has 0 fully saturated rings. The summed E-state index contributed by atoms with van der Waals surface area (Å²) in [7, 11) is -3.81. The van der Waals surface area contributed by atoms with Gasteiger partial charge in [-0.1, -0.05) is 23.7 Å². The third-order valence-electron chi connectivity index (χ3n) is 4.19. The second-order valence-corrected chi connectivity index (χ2v) is 8.55. The van der Waals surface area contributed by atoms with Crippen LogP contribution in [0.1, 0.15) is 5.56 Å². The van der Waals surface area contributed by atoms with Crippen molar-refractivity contribution >= 4 is 21.4 Å². The molecule has 2 aliphatic heterocycles. The van der Waals surface area contributed by atoms with Gasteiger partial charge < -0.3 is 0 Å². The van der Waals surface area contributed by atoms with Crippen LogP contribution in [0.15, 0.2) is 87.2 Å². The van der Waals surface area contributed by atoms with E-state index in [2.05, 4.69) is 9.98 Å². The molecule has 0 saturated carbocycles. The molecular formula is C19H13ClFN3O3S. The number of fused-ring (bicyclic) bond motifs is 1. The molecule has 0 amide bonds. The second kappa shape index (κ2) is 6.97. The molecule has 2 aromatic rings. The first-order valence-electron chi connectivity index (χ1n) is 8.15. The Balaban J connectivity index is 1.71. The van der Waals surface area contributed by atoms with E-state index >= 15 is 0 Å². The van der Waals surface area contributed by atoms with Gasteiger partial charge in [0.1, 0.15) is 11.5 Å². The van der Waals surface area contributed by atoms with Crippen LogP contribution in [0.4, 0.5) is 4.39 Å². The Hall–Kier alpha value is -2.81. The van der Waals surface area contributed by atoms with E-state index in [1.807, 2.05) is 0 Å². The predicted molar refractivity (Wildman–Crippen MR) is 100.0 cm³/mol. The number of nitrogens with zero attached hydrogens (tertiary/aromatic N) is 3. The van der Waals surface area contributed by atoms with Gasteiger partial charge in [-0.15, -0.1) is 0 Å². The van der Waals surface area contributed by atoms with Crippen molar-refractivity contribution in [3.63, 3.8) is 0 Å². The summed E-state index contributed by atoms with van der Waals surface area (Å²) in [6.45, 7) is 0. The predicted octanol–water partition coefficient (Wildman–Crippen LogP) is 2.65. The zero-order valence-corrected chi connectivity index (χ0v) is 15.8. The minimum Gasteiger partial charge on any atom is -0.284 e. The molecule has 4 rings (SSSR count). The number of hydrogen-bond donors (Lipinski definition) is 1. The van der Waals surface area contributed by atoms with Gasteiger partial charge in [0.25, 0.3) is 0 Å². The smallest absolute Gasteiger partial charge is 0.182 e. The zero-order chi connectivity index (χ0) is 19.9. The quantitative estimate of drug-likeness (QED) is 0.832. The average molecular weight is 418 g/mol. The second-order valence-electron chi connectivity index (χ2n) is 6.12. The van der Waals surface area contributed by atoms with Crippen molar-refractivity contribution in [2.75, 3.05) is 0 Å². The maximum Gasteiger partial charge on any atom is 0.182 e. The van der Waals surface area contributed by atoms with Crippen LogP contribution in [0.2, 0.25) is 5.02 Å². The van der Waals surface area contributed by atoms with Crippen LogP contribution >= 0.6 is 11.6 Å². The molecule has 142 valence electrons. The molecule has 1 N–H and O–H groups in total. The Labute approximate surface area is 164 Å². The summed E-state index contributed by atoms with van der Waals surface area (Å²) in [5, 5.41) is 11.8. The van der Waals surface area contributed by atoms with Crippen molar-refractivity contribution in [2.45, 2.75) is 10.6 Å². The van der Waals surface area contributed by atoms with Crippen molar-refractivity contribution < 1.29 is 18.0 Å². The van der Waals surface area contributed by atoms with Crippen molar-refractivity contribution in [2.24, 2.45) is 9.98 Å². The van der Waals surface area contributed by atoms with Crippen molar-refractivity contribution in [3.8, 4) is 0 Å². The van der Waals surface area contributed by atoms with E-state index in [0.717, 1.165) is 11.1 Å². The van der Waals surface area contributed by atoms with Crippen LogP contribution in [0.25, 0.3) is 0 Å². The monoisotopic (exact) mass is 417 g/mol. The Bertz CT molecular complexity index is 1300. The van der Waals surface area contributed by atoms with Gasteiger partial charge in [0.05, 0.1) is 21.4 Å². The molecular weight excluding hydrogens is 405 g/mol. The van der Waals surface area contributed by atoms with E-state index in [4.69, 9.17) is 11.6 Å². The molecule has 0 spiro atoms. The maximum atomic E-state index is 14.0. The number of sulfone groups is 1. The van der Waals surface area contributed by atoms with E-state index in [-0.39, 0.29) is 21.3 Å². The molecule has 2 heterocycles. The highest BCUT2D eigenvalue weighted by atomic mass is 35.5. The minimum atomic E-state index is -3.81. The summed E-state index contributed by atoms with van der Waals surface area (Å²) in [6, 6.07) is 8.19. The molecule has 0 aliphatic carbocycles. The van der Waals surface area contributed by atoms with E-state index in [0.29, 0.717) is 16.4 Å². The van der Waals surface area contributed by atoms with Crippen molar-refractivity contribution in [1.82, 2.24) is 5.06 Å². The average Bonchev–Trinajstić information content (AvgIpc) is 3.07. The molecule has 28 heavy (non-hydrogen) atoms. The zero-order valence-electron chi connectivity index (χ0n) is 14.3. The standard InChI is InChI=1S/C19H13ClFN3O3S/c20-13-5-4-12(15(21)9-13)11-28(26,27)14-6-7-16-17(10-14)23-19(22-16)18-3-1-2-8-24(18)25/h1-10,25H,11H2. The molecule has 0 unspecified atom stereocenters. The summed E-state index contributed by atoms with van der Waals surface area (Å²) >= 11 is 5.71. The Morgan fingerprint density at radius 3 is 2.61 bits per heavy atom. The first-order valence-corrected chi connectivity index (χ1v) is 10.2. The van der Waals surface area contributed by atoms with Gasteiger partial charge in [0.15, 0.2) is 15.7 Å². The summed E-state index contributed by atoms with van der Waals surface area (Å²) < 4.78 is 39.4. The highest BCUT2D eigenvalue weighted by molar-refractivity contribution is 7.90. The number of rotatable bonds is 3. The molecule has 2 aromatic carbocycles. The first-order chi connectivity index (χ1) is 13.3. The SMILES string of the molecule is O=S(=O)(Cc1ccc(Cl)cc1F)c1ccc2c(c1)=NC(=C1C=CC=CN1O)N=2. The highest BCUT2D eigenvalue weighted by Gasteiger charge is 2.20. The maximum absolute atomic E-state index is 14.0. The van der Waals surface area contributed by atoms with Crippen LogP contribution in [0.3, 0.4) is 0 Å². The van der Waals surface area contributed by atoms with Crippen LogP contribution in [0, 0.1) is 5.82 Å². The lowest BCUT2D eigenvalue weighted by Gasteiger charge is -2.15. The fourth-order valence-electron chi connectivity index (χ4n) is 2.79. The number of halogens is 2. The lowest BCUT2D eigenvalue weighted by Crippen LogP contribution is -2.23. The molecule has 0 saturated heterocycles. The Morgan fingerprint density at radius 2 is 1.86 bits per heavy atom. The van der Waals surface area contributed by atoms with Gasteiger partial charge in [-0.05, 0) is 42.5 Å². The summed E-state index contributed by atoms with van der Waals surface area (Å²) in [4.78, 5) is 8.62. The van der Waals surface area contributed by atoms with Gasteiger partial charge in [0, 0.05) is 16.8 Å². The lowest BCUT2D eigenvalue weighted by atomic mass is 10.2. The largest absolute Gasteiger partial charge is 0.284 e.